The molecule has 0 saturated carbocycles. The van der Waals surface area contributed by atoms with Crippen LogP contribution >= 0.6 is 11.5 Å². The van der Waals surface area contributed by atoms with Gasteiger partial charge in [-0.05, 0) is 11.5 Å². The first-order chi connectivity index (χ1) is 8.61. The van der Waals surface area contributed by atoms with E-state index in [1.165, 1.54) is 25.4 Å². The van der Waals surface area contributed by atoms with Gasteiger partial charge in [0.25, 0.3) is 0 Å². The highest BCUT2D eigenvalue weighted by atomic mass is 32.1. The maximum Gasteiger partial charge on any atom is 0.230 e. The first-order valence-corrected chi connectivity index (χ1v) is 6.26. The molecule has 2 aromatic rings. The SMILES string of the molecule is CC(=O)N(C(C)=O)c1csnc1-c1ccccc1. The van der Waals surface area contributed by atoms with E-state index in [1.54, 1.807) is 5.38 Å². The number of anilines is 1. The van der Waals surface area contributed by atoms with E-state index in [2.05, 4.69) is 4.37 Å². The summed E-state index contributed by atoms with van der Waals surface area (Å²) in [5.74, 6) is -0.611. The molecule has 18 heavy (non-hydrogen) atoms. The van der Waals surface area contributed by atoms with Crippen molar-refractivity contribution in [3.8, 4) is 11.3 Å². The second-order valence-electron chi connectivity index (χ2n) is 3.79. The first-order valence-electron chi connectivity index (χ1n) is 5.42. The number of nitrogens with zero attached hydrogens (tertiary/aromatic N) is 2. The van der Waals surface area contributed by atoms with Crippen LogP contribution in [0.1, 0.15) is 13.8 Å². The summed E-state index contributed by atoms with van der Waals surface area (Å²) < 4.78 is 4.27. The Bertz CT molecular complexity index is 564. The Hall–Kier alpha value is -2.01. The van der Waals surface area contributed by atoms with Gasteiger partial charge in [-0.25, -0.2) is 4.90 Å². The fraction of sp³-hybridized carbons (Fsp3) is 0.154. The molecule has 2 rings (SSSR count). The monoisotopic (exact) mass is 260 g/mol. The van der Waals surface area contributed by atoms with Gasteiger partial charge in [-0.15, -0.1) is 0 Å². The minimum Gasteiger partial charge on any atom is -0.274 e. The van der Waals surface area contributed by atoms with E-state index in [9.17, 15) is 9.59 Å². The van der Waals surface area contributed by atoms with E-state index in [0.717, 1.165) is 10.5 Å². The zero-order chi connectivity index (χ0) is 13.1. The van der Waals surface area contributed by atoms with E-state index in [0.29, 0.717) is 11.4 Å². The fourth-order valence-electron chi connectivity index (χ4n) is 1.75. The van der Waals surface area contributed by atoms with Crippen LogP contribution in [0.4, 0.5) is 5.69 Å². The number of imide groups is 1. The maximum absolute atomic E-state index is 11.5. The predicted octanol–water partition coefficient (Wildman–Crippen LogP) is 2.71. The van der Waals surface area contributed by atoms with Gasteiger partial charge in [-0.3, -0.25) is 9.59 Å². The number of carbonyl (C=O) groups is 2. The van der Waals surface area contributed by atoms with Crippen molar-refractivity contribution in [2.75, 3.05) is 4.90 Å². The minimum absolute atomic E-state index is 0.306. The average Bonchev–Trinajstić information content (AvgIpc) is 2.78. The third kappa shape index (κ3) is 2.31. The third-order valence-corrected chi connectivity index (χ3v) is 3.09. The topological polar surface area (TPSA) is 50.3 Å². The largest absolute Gasteiger partial charge is 0.274 e. The zero-order valence-corrected chi connectivity index (χ0v) is 10.9. The molecule has 0 N–H and O–H groups in total. The van der Waals surface area contributed by atoms with Crippen molar-refractivity contribution >= 4 is 29.0 Å². The molecule has 92 valence electrons. The standard InChI is InChI=1S/C13H12N2O2S/c1-9(16)15(10(2)17)12-8-18-14-13(12)11-6-4-3-5-7-11/h3-8H,1-2H3. The molecule has 0 spiro atoms. The molecule has 0 aliphatic carbocycles. The molecule has 0 saturated heterocycles. The van der Waals surface area contributed by atoms with Crippen molar-refractivity contribution in [1.82, 2.24) is 4.37 Å². The fourth-order valence-corrected chi connectivity index (χ4v) is 2.42. The molecule has 0 unspecified atom stereocenters. The molecule has 4 nitrogen and oxygen atoms in total. The number of aromatic nitrogens is 1. The van der Waals surface area contributed by atoms with Gasteiger partial charge in [0.05, 0.1) is 5.69 Å². The van der Waals surface area contributed by atoms with Crippen LogP contribution in [0.25, 0.3) is 11.3 Å². The lowest BCUT2D eigenvalue weighted by molar-refractivity contribution is -0.124. The van der Waals surface area contributed by atoms with Gasteiger partial charge in [0.1, 0.15) is 5.69 Å². The summed E-state index contributed by atoms with van der Waals surface area (Å²) in [5, 5.41) is 1.71. The van der Waals surface area contributed by atoms with Crippen LogP contribution in [0.3, 0.4) is 0 Å². The lowest BCUT2D eigenvalue weighted by Crippen LogP contribution is -2.33. The summed E-state index contributed by atoms with van der Waals surface area (Å²) >= 11 is 1.23. The number of rotatable bonds is 2. The summed E-state index contributed by atoms with van der Waals surface area (Å²) in [4.78, 5) is 24.2. The molecule has 0 aliphatic heterocycles. The number of hydrogen-bond acceptors (Lipinski definition) is 4. The second-order valence-corrected chi connectivity index (χ2v) is 4.42. The number of hydrogen-bond donors (Lipinski definition) is 0. The third-order valence-electron chi connectivity index (χ3n) is 2.47. The van der Waals surface area contributed by atoms with Crippen LogP contribution in [0.5, 0.6) is 0 Å². The maximum atomic E-state index is 11.5. The Balaban J connectivity index is 2.51. The Morgan fingerprint density at radius 3 is 2.28 bits per heavy atom. The van der Waals surface area contributed by atoms with Gasteiger partial charge in [0.15, 0.2) is 0 Å². The number of benzene rings is 1. The molecular weight excluding hydrogens is 248 g/mol. The predicted molar refractivity (Wildman–Crippen MR) is 71.4 cm³/mol. The quantitative estimate of drug-likeness (QED) is 0.834. The van der Waals surface area contributed by atoms with E-state index >= 15 is 0 Å². The average molecular weight is 260 g/mol. The van der Waals surface area contributed by atoms with Gasteiger partial charge in [0.2, 0.25) is 11.8 Å². The molecule has 0 bridgehead atoms. The summed E-state index contributed by atoms with van der Waals surface area (Å²) in [7, 11) is 0. The Morgan fingerprint density at radius 1 is 1.11 bits per heavy atom. The summed E-state index contributed by atoms with van der Waals surface area (Å²) in [6.45, 7) is 2.74. The lowest BCUT2D eigenvalue weighted by atomic mass is 10.1. The Morgan fingerprint density at radius 2 is 1.72 bits per heavy atom. The Kier molecular flexibility index (Phi) is 3.53. The summed E-state index contributed by atoms with van der Waals surface area (Å²) in [5.41, 5.74) is 2.10. The molecule has 0 atom stereocenters. The smallest absolute Gasteiger partial charge is 0.230 e. The molecule has 2 amide bonds. The minimum atomic E-state index is -0.306. The Labute approximate surface area is 109 Å². The van der Waals surface area contributed by atoms with Crippen molar-refractivity contribution in [1.29, 1.82) is 0 Å². The highest BCUT2D eigenvalue weighted by Crippen LogP contribution is 2.31. The molecular formula is C13H12N2O2S. The van der Waals surface area contributed by atoms with Crippen molar-refractivity contribution < 1.29 is 9.59 Å². The van der Waals surface area contributed by atoms with Gasteiger partial charge < -0.3 is 0 Å². The molecule has 0 aliphatic rings. The highest BCUT2D eigenvalue weighted by Gasteiger charge is 2.22. The summed E-state index contributed by atoms with van der Waals surface area (Å²) in [6.07, 6.45) is 0. The van der Waals surface area contributed by atoms with E-state index in [1.807, 2.05) is 30.3 Å². The van der Waals surface area contributed by atoms with E-state index in [4.69, 9.17) is 0 Å². The van der Waals surface area contributed by atoms with Gasteiger partial charge in [-0.1, -0.05) is 30.3 Å². The number of amides is 2. The number of carbonyl (C=O) groups excluding carboxylic acids is 2. The van der Waals surface area contributed by atoms with E-state index < -0.39 is 0 Å². The van der Waals surface area contributed by atoms with Crippen molar-refractivity contribution in [3.05, 3.63) is 35.7 Å². The van der Waals surface area contributed by atoms with Crippen molar-refractivity contribution in [2.45, 2.75) is 13.8 Å². The first kappa shape index (κ1) is 12.4. The van der Waals surface area contributed by atoms with Crippen molar-refractivity contribution in [2.24, 2.45) is 0 Å². The molecule has 1 heterocycles. The van der Waals surface area contributed by atoms with Gasteiger partial charge in [0, 0.05) is 24.8 Å². The molecule has 5 heteroatoms. The molecule has 0 radical (unpaired) electrons. The van der Waals surface area contributed by atoms with Gasteiger partial charge >= 0.3 is 0 Å². The molecule has 1 aromatic carbocycles. The van der Waals surface area contributed by atoms with Crippen LogP contribution in [0, 0.1) is 0 Å². The van der Waals surface area contributed by atoms with Crippen molar-refractivity contribution in [3.63, 3.8) is 0 Å². The normalized spacial score (nSPS) is 10.1. The van der Waals surface area contributed by atoms with Crippen LogP contribution < -0.4 is 4.90 Å². The van der Waals surface area contributed by atoms with Crippen LogP contribution in [0.15, 0.2) is 35.7 Å². The van der Waals surface area contributed by atoms with Crippen LogP contribution in [-0.4, -0.2) is 16.2 Å². The molecule has 0 fully saturated rings. The van der Waals surface area contributed by atoms with E-state index in [-0.39, 0.29) is 11.8 Å². The lowest BCUT2D eigenvalue weighted by Gasteiger charge is -2.16. The van der Waals surface area contributed by atoms with Gasteiger partial charge in [-0.2, -0.15) is 4.37 Å². The molecule has 1 aromatic heterocycles. The summed E-state index contributed by atoms with van der Waals surface area (Å²) in [6, 6.07) is 9.49. The second kappa shape index (κ2) is 5.10. The van der Waals surface area contributed by atoms with Crippen LogP contribution in [0.2, 0.25) is 0 Å². The highest BCUT2D eigenvalue weighted by molar-refractivity contribution is 7.04. The van der Waals surface area contributed by atoms with Crippen LogP contribution in [-0.2, 0) is 9.59 Å². The zero-order valence-electron chi connectivity index (χ0n) is 10.1.